The van der Waals surface area contributed by atoms with E-state index in [1.807, 2.05) is 24.3 Å². The van der Waals surface area contributed by atoms with E-state index in [4.69, 9.17) is 10.00 Å². The summed E-state index contributed by atoms with van der Waals surface area (Å²) in [5.41, 5.74) is 1.47. The number of nitrogens with zero attached hydrogens (tertiary/aromatic N) is 1. The van der Waals surface area contributed by atoms with Crippen molar-refractivity contribution in [2.75, 3.05) is 18.5 Å². The zero-order chi connectivity index (χ0) is 15.1. The number of hydrogen-bond acceptors (Lipinski definition) is 4. The molecule has 2 aromatic rings. The van der Waals surface area contributed by atoms with Crippen molar-refractivity contribution < 1.29 is 9.84 Å². The van der Waals surface area contributed by atoms with E-state index in [1.165, 1.54) is 0 Å². The highest BCUT2D eigenvalue weighted by atomic mass is 79.9. The predicted octanol–water partition coefficient (Wildman–Crippen LogP) is 3.17. The van der Waals surface area contributed by atoms with Crippen molar-refractivity contribution in [3.8, 4) is 11.8 Å². The van der Waals surface area contributed by atoms with Gasteiger partial charge in [-0.15, -0.1) is 0 Å². The van der Waals surface area contributed by atoms with Crippen LogP contribution in [0.3, 0.4) is 0 Å². The second kappa shape index (κ2) is 7.67. The van der Waals surface area contributed by atoms with Gasteiger partial charge in [0.25, 0.3) is 0 Å². The van der Waals surface area contributed by atoms with E-state index in [1.54, 1.807) is 24.3 Å². The first kappa shape index (κ1) is 15.4. The van der Waals surface area contributed by atoms with Crippen LogP contribution in [0.15, 0.2) is 53.0 Å². The lowest BCUT2D eigenvalue weighted by Crippen LogP contribution is -2.26. The molecule has 0 aromatic heterocycles. The topological polar surface area (TPSA) is 65.3 Å². The Balaban J connectivity index is 1.76. The first-order chi connectivity index (χ1) is 10.2. The van der Waals surface area contributed by atoms with Crippen LogP contribution in [0.4, 0.5) is 5.69 Å². The number of anilines is 1. The molecule has 0 aliphatic rings. The Morgan fingerprint density at radius 1 is 1.24 bits per heavy atom. The Labute approximate surface area is 132 Å². The van der Waals surface area contributed by atoms with Gasteiger partial charge in [-0.1, -0.05) is 22.0 Å². The van der Waals surface area contributed by atoms with Gasteiger partial charge in [0.15, 0.2) is 0 Å². The second-order valence-corrected chi connectivity index (χ2v) is 5.41. The summed E-state index contributed by atoms with van der Waals surface area (Å²) in [5, 5.41) is 21.7. The summed E-state index contributed by atoms with van der Waals surface area (Å²) >= 11 is 3.36. The average molecular weight is 347 g/mol. The van der Waals surface area contributed by atoms with Gasteiger partial charge in [0.2, 0.25) is 0 Å². The highest BCUT2D eigenvalue weighted by Crippen LogP contribution is 2.17. The number of halogens is 1. The van der Waals surface area contributed by atoms with Crippen LogP contribution < -0.4 is 10.1 Å². The highest BCUT2D eigenvalue weighted by molar-refractivity contribution is 9.10. The molecule has 0 saturated heterocycles. The molecule has 0 amide bonds. The number of aliphatic hydroxyl groups excluding tert-OH is 1. The Bertz CT molecular complexity index is 623. The summed E-state index contributed by atoms with van der Waals surface area (Å²) < 4.78 is 6.45. The minimum absolute atomic E-state index is 0.208. The largest absolute Gasteiger partial charge is 0.491 e. The molecule has 0 saturated carbocycles. The first-order valence-electron chi connectivity index (χ1n) is 6.48. The monoisotopic (exact) mass is 346 g/mol. The molecule has 4 nitrogen and oxygen atoms in total. The third-order valence-corrected chi connectivity index (χ3v) is 3.29. The number of nitriles is 1. The SMILES string of the molecule is N#Cc1ccc(NCC(O)COc2cccc(Br)c2)cc1. The number of nitrogens with one attached hydrogen (secondary N) is 1. The summed E-state index contributed by atoms with van der Waals surface area (Å²) in [6.45, 7) is 0.583. The fourth-order valence-corrected chi connectivity index (χ4v) is 2.08. The Hall–Kier alpha value is -2.03. The molecule has 0 aliphatic carbocycles. The van der Waals surface area contributed by atoms with E-state index >= 15 is 0 Å². The molecule has 0 aliphatic heterocycles. The van der Waals surface area contributed by atoms with E-state index in [0.717, 1.165) is 10.2 Å². The Morgan fingerprint density at radius 2 is 2.00 bits per heavy atom. The van der Waals surface area contributed by atoms with Crippen molar-refractivity contribution >= 4 is 21.6 Å². The van der Waals surface area contributed by atoms with Crippen molar-refractivity contribution in [3.05, 3.63) is 58.6 Å². The van der Waals surface area contributed by atoms with Crippen LogP contribution in [0.25, 0.3) is 0 Å². The van der Waals surface area contributed by atoms with E-state index in [9.17, 15) is 5.11 Å². The van der Waals surface area contributed by atoms with Gasteiger partial charge in [-0.3, -0.25) is 0 Å². The zero-order valence-corrected chi connectivity index (χ0v) is 12.9. The van der Waals surface area contributed by atoms with E-state index in [0.29, 0.717) is 17.9 Å². The smallest absolute Gasteiger partial charge is 0.120 e. The van der Waals surface area contributed by atoms with Crippen LogP contribution in [-0.4, -0.2) is 24.4 Å². The summed E-state index contributed by atoms with van der Waals surface area (Å²) in [6, 6.07) is 16.6. The molecule has 0 spiro atoms. The third-order valence-electron chi connectivity index (χ3n) is 2.79. The molecule has 1 atom stereocenters. The predicted molar refractivity (Wildman–Crippen MR) is 85.3 cm³/mol. The van der Waals surface area contributed by atoms with Gasteiger partial charge in [0.1, 0.15) is 18.5 Å². The maximum Gasteiger partial charge on any atom is 0.120 e. The van der Waals surface area contributed by atoms with Gasteiger partial charge in [0.05, 0.1) is 11.6 Å². The molecule has 0 radical (unpaired) electrons. The minimum atomic E-state index is -0.625. The molecule has 2 aromatic carbocycles. The Kier molecular flexibility index (Phi) is 5.61. The molecule has 108 valence electrons. The minimum Gasteiger partial charge on any atom is -0.491 e. The summed E-state index contributed by atoms with van der Waals surface area (Å²) in [7, 11) is 0. The second-order valence-electron chi connectivity index (χ2n) is 4.49. The summed E-state index contributed by atoms with van der Waals surface area (Å²) in [4.78, 5) is 0. The molecular weight excluding hydrogens is 332 g/mol. The molecule has 1 unspecified atom stereocenters. The molecule has 0 heterocycles. The van der Waals surface area contributed by atoms with Crippen molar-refractivity contribution in [1.82, 2.24) is 0 Å². The van der Waals surface area contributed by atoms with E-state index in [2.05, 4.69) is 27.3 Å². The highest BCUT2D eigenvalue weighted by Gasteiger charge is 2.05. The van der Waals surface area contributed by atoms with Crippen LogP contribution in [0, 0.1) is 11.3 Å². The van der Waals surface area contributed by atoms with Crippen LogP contribution in [0.5, 0.6) is 5.75 Å². The van der Waals surface area contributed by atoms with Gasteiger partial charge in [-0.05, 0) is 42.5 Å². The van der Waals surface area contributed by atoms with E-state index < -0.39 is 6.10 Å². The number of benzene rings is 2. The lowest BCUT2D eigenvalue weighted by atomic mass is 10.2. The van der Waals surface area contributed by atoms with Gasteiger partial charge in [-0.25, -0.2) is 0 Å². The van der Waals surface area contributed by atoms with Gasteiger partial charge in [-0.2, -0.15) is 5.26 Å². The van der Waals surface area contributed by atoms with Crippen LogP contribution >= 0.6 is 15.9 Å². The van der Waals surface area contributed by atoms with Crippen molar-refractivity contribution in [2.24, 2.45) is 0 Å². The number of hydrogen-bond donors (Lipinski definition) is 2. The maximum atomic E-state index is 9.89. The normalized spacial score (nSPS) is 11.5. The van der Waals surface area contributed by atoms with Crippen molar-refractivity contribution in [2.45, 2.75) is 6.10 Å². The quantitative estimate of drug-likeness (QED) is 0.842. The third kappa shape index (κ3) is 5.10. The zero-order valence-electron chi connectivity index (χ0n) is 11.3. The van der Waals surface area contributed by atoms with Crippen LogP contribution in [0.2, 0.25) is 0 Å². The van der Waals surface area contributed by atoms with Crippen molar-refractivity contribution in [1.29, 1.82) is 5.26 Å². The average Bonchev–Trinajstić information content (AvgIpc) is 2.51. The fraction of sp³-hybridized carbons (Fsp3) is 0.188. The molecule has 0 bridgehead atoms. The van der Waals surface area contributed by atoms with Gasteiger partial charge < -0.3 is 15.2 Å². The van der Waals surface area contributed by atoms with Gasteiger partial charge >= 0.3 is 0 Å². The van der Waals surface area contributed by atoms with Crippen LogP contribution in [0.1, 0.15) is 5.56 Å². The van der Waals surface area contributed by atoms with E-state index in [-0.39, 0.29) is 6.61 Å². The lowest BCUT2D eigenvalue weighted by Gasteiger charge is -2.14. The number of rotatable bonds is 6. The molecular formula is C16H15BrN2O2. The summed E-state index contributed by atoms with van der Waals surface area (Å²) in [5.74, 6) is 0.710. The Morgan fingerprint density at radius 3 is 2.67 bits per heavy atom. The first-order valence-corrected chi connectivity index (χ1v) is 7.27. The molecule has 5 heteroatoms. The number of ether oxygens (including phenoxy) is 1. The van der Waals surface area contributed by atoms with Gasteiger partial charge in [0, 0.05) is 16.7 Å². The standard InChI is InChI=1S/C16H15BrN2O2/c17-13-2-1-3-16(8-13)21-11-15(20)10-19-14-6-4-12(9-18)5-7-14/h1-8,15,19-20H,10-11H2. The van der Waals surface area contributed by atoms with Crippen molar-refractivity contribution in [3.63, 3.8) is 0 Å². The molecule has 21 heavy (non-hydrogen) atoms. The number of aliphatic hydroxyl groups is 1. The molecule has 2 N–H and O–H groups in total. The lowest BCUT2D eigenvalue weighted by molar-refractivity contribution is 0.117. The summed E-state index contributed by atoms with van der Waals surface area (Å²) in [6.07, 6.45) is -0.625. The molecule has 2 rings (SSSR count). The van der Waals surface area contributed by atoms with Crippen LogP contribution in [-0.2, 0) is 0 Å². The maximum absolute atomic E-state index is 9.89. The fourth-order valence-electron chi connectivity index (χ4n) is 1.71. The molecule has 0 fully saturated rings.